The van der Waals surface area contributed by atoms with Gasteiger partial charge in [-0.3, -0.25) is 0 Å². The summed E-state index contributed by atoms with van der Waals surface area (Å²) < 4.78 is 0. The van der Waals surface area contributed by atoms with Crippen molar-refractivity contribution in [1.82, 2.24) is 0 Å². The van der Waals surface area contributed by atoms with E-state index in [4.69, 9.17) is 33.6 Å². The first-order valence-corrected chi connectivity index (χ1v) is 9.82. The van der Waals surface area contributed by atoms with Crippen LogP contribution in [0.15, 0.2) is 0 Å². The molecule has 0 amide bonds. The van der Waals surface area contributed by atoms with Crippen LogP contribution in [0, 0.1) is 0 Å². The van der Waals surface area contributed by atoms with Crippen molar-refractivity contribution in [2.75, 3.05) is 0 Å². The molecule has 0 aliphatic rings. The molecule has 0 spiro atoms. The maximum absolute atomic E-state index is 5.04. The second-order valence-electron chi connectivity index (χ2n) is 1.46. The van der Waals surface area contributed by atoms with Crippen LogP contribution >= 0.6 is 0 Å². The average Bonchev–Trinajstić information content (AvgIpc) is 1.88. The van der Waals surface area contributed by atoms with Crippen LogP contribution in [0.2, 0.25) is 6.32 Å². The van der Waals surface area contributed by atoms with E-state index in [0.717, 1.165) is 6.32 Å². The van der Waals surface area contributed by atoms with Gasteiger partial charge in [-0.1, -0.05) is 0 Å². The van der Waals surface area contributed by atoms with Gasteiger partial charge < -0.3 is 0 Å². The second-order valence-corrected chi connectivity index (χ2v) is 13.2. The standard InChI is InChI=1S/C3H7BS6/c1-2-3-4-8-10(7)9(5)6/h2-3H2,1H3. The zero-order valence-electron chi connectivity index (χ0n) is 5.44. The Bertz CT molecular complexity index is 344. The van der Waals surface area contributed by atoms with Crippen molar-refractivity contribution in [3.8, 4) is 0 Å². The van der Waals surface area contributed by atoms with E-state index >= 15 is 0 Å². The molecule has 0 aromatic heterocycles. The summed E-state index contributed by atoms with van der Waals surface area (Å²) in [6.45, 7) is 1.49. The first-order chi connectivity index (χ1) is 4.68. The van der Waals surface area contributed by atoms with Gasteiger partial charge in [0, 0.05) is 0 Å². The molecule has 0 aromatic carbocycles. The topological polar surface area (TPSA) is 0 Å². The second kappa shape index (κ2) is 7.06. The van der Waals surface area contributed by atoms with E-state index in [1.54, 1.807) is 9.75 Å². The van der Waals surface area contributed by atoms with Crippen molar-refractivity contribution in [1.29, 1.82) is 0 Å². The molecule has 0 unspecified atom stereocenters. The van der Waals surface area contributed by atoms with Crippen molar-refractivity contribution >= 4 is 62.6 Å². The Morgan fingerprint density at radius 3 is 2.40 bits per heavy atom. The van der Waals surface area contributed by atoms with Gasteiger partial charge in [0.15, 0.2) is 0 Å². The Morgan fingerprint density at radius 1 is 1.40 bits per heavy atom. The summed E-state index contributed by atoms with van der Waals surface area (Å²) in [5, 5.41) is 0. The van der Waals surface area contributed by atoms with Gasteiger partial charge in [0.1, 0.15) is 0 Å². The molecule has 0 saturated heterocycles. The minimum absolute atomic E-state index is 0.221. The Labute approximate surface area is 81.6 Å². The SMILES string of the molecule is CCCB=S=S(=S)=S(=S)=S. The molecular weight excluding hydrogens is 239 g/mol. The average molecular weight is 246 g/mol. The van der Waals surface area contributed by atoms with Gasteiger partial charge in [-0.2, -0.15) is 0 Å². The summed E-state index contributed by atoms with van der Waals surface area (Å²) in [5.74, 6) is 0. The summed E-state index contributed by atoms with van der Waals surface area (Å²) in [6.07, 6.45) is 4.39. The van der Waals surface area contributed by atoms with E-state index in [9.17, 15) is 0 Å². The molecule has 0 bridgehead atoms. The number of hydrogen-bond acceptors (Lipinski definition) is 3. The molecule has 0 radical (unpaired) electrons. The van der Waals surface area contributed by atoms with Crippen molar-refractivity contribution in [3.63, 3.8) is 0 Å². The fourth-order valence-electron chi connectivity index (χ4n) is 0.254. The molecule has 10 heavy (non-hydrogen) atoms. The Morgan fingerprint density at radius 2 is 2.00 bits per heavy atom. The summed E-state index contributed by atoms with van der Waals surface area (Å²) in [7, 11) is 1.63. The number of rotatable bonds is 2. The quantitative estimate of drug-likeness (QED) is 0.666. The van der Waals surface area contributed by atoms with Crippen LogP contribution in [0.4, 0.5) is 0 Å². The van der Waals surface area contributed by atoms with Crippen LogP contribution < -0.4 is 0 Å². The van der Waals surface area contributed by atoms with E-state index in [-0.39, 0.29) is 6.57 Å². The van der Waals surface area contributed by atoms with Gasteiger partial charge in [-0.25, -0.2) is 0 Å². The van der Waals surface area contributed by atoms with Crippen molar-refractivity contribution in [3.05, 3.63) is 0 Å². The minimum atomic E-state index is -0.423. The van der Waals surface area contributed by atoms with Gasteiger partial charge in [-0.15, -0.1) is 0 Å². The predicted molar refractivity (Wildman–Crippen MR) is 65.0 cm³/mol. The molecular formula is C3H7BS6. The Balaban J connectivity index is 4.84. The Kier molecular flexibility index (Phi) is 8.03. The molecule has 0 atom stereocenters. The van der Waals surface area contributed by atoms with Gasteiger partial charge >= 0.3 is 82.3 Å². The van der Waals surface area contributed by atoms with Crippen molar-refractivity contribution < 1.29 is 0 Å². The molecule has 0 fully saturated rings. The van der Waals surface area contributed by atoms with E-state index < -0.39 is 6.57 Å². The normalized spacial score (nSPS) is 8.10. The van der Waals surface area contributed by atoms with Gasteiger partial charge in [-0.05, 0) is 0 Å². The fourth-order valence-corrected chi connectivity index (χ4v) is 4.88. The van der Waals surface area contributed by atoms with Crippen LogP contribution in [-0.2, 0) is 56.5 Å². The van der Waals surface area contributed by atoms with Gasteiger partial charge in [0.05, 0.1) is 0 Å². The van der Waals surface area contributed by atoms with E-state index in [0.29, 0.717) is 0 Å². The molecule has 0 rings (SSSR count). The molecule has 0 aliphatic heterocycles. The zero-order chi connectivity index (χ0) is 7.98. The third kappa shape index (κ3) is 6.12. The van der Waals surface area contributed by atoms with Gasteiger partial charge in [0.2, 0.25) is 0 Å². The first kappa shape index (κ1) is 11.4. The van der Waals surface area contributed by atoms with Crippen LogP contribution in [0.5, 0.6) is 0 Å². The van der Waals surface area contributed by atoms with Gasteiger partial charge in [0.25, 0.3) is 0 Å². The molecule has 0 saturated carbocycles. The summed E-state index contributed by atoms with van der Waals surface area (Å²) in [4.78, 5) is 0. The molecule has 0 nitrogen and oxygen atoms in total. The molecule has 0 heterocycles. The predicted octanol–water partition coefficient (Wildman–Crippen LogP) is 0.969. The summed E-state index contributed by atoms with van der Waals surface area (Å²) >= 11 is 14.8. The van der Waals surface area contributed by atoms with Crippen LogP contribution in [0.25, 0.3) is 0 Å². The third-order valence-electron chi connectivity index (χ3n) is 0.664. The number of hydrogen-bond donors (Lipinski definition) is 0. The molecule has 0 aromatic rings. The maximum atomic E-state index is 5.04. The fraction of sp³-hybridized carbons (Fsp3) is 1.00. The van der Waals surface area contributed by atoms with Crippen LogP contribution in [0.3, 0.4) is 0 Å². The van der Waals surface area contributed by atoms with E-state index in [1.165, 1.54) is 6.42 Å². The van der Waals surface area contributed by atoms with Crippen LogP contribution in [-0.4, -0.2) is 6.15 Å². The van der Waals surface area contributed by atoms with Crippen LogP contribution in [0.1, 0.15) is 13.3 Å². The van der Waals surface area contributed by atoms with Crippen molar-refractivity contribution in [2.45, 2.75) is 19.7 Å². The molecule has 0 N–H and O–H groups in total. The summed E-state index contributed by atoms with van der Waals surface area (Å²) in [5.41, 5.74) is 0. The van der Waals surface area contributed by atoms with E-state index in [1.807, 2.05) is 0 Å². The first-order valence-electron chi connectivity index (χ1n) is 2.68. The molecule has 7 heteroatoms. The van der Waals surface area contributed by atoms with E-state index in [2.05, 4.69) is 13.1 Å². The summed E-state index contributed by atoms with van der Waals surface area (Å²) in [6, 6.07) is 0. The van der Waals surface area contributed by atoms with Crippen molar-refractivity contribution in [2.24, 2.45) is 0 Å². The monoisotopic (exact) mass is 246 g/mol. The zero-order valence-corrected chi connectivity index (χ0v) is 10.3. The molecule has 0 aliphatic carbocycles. The Hall–Kier alpha value is 1.38. The third-order valence-corrected chi connectivity index (χ3v) is 12.4. The molecule has 58 valence electrons.